The summed E-state index contributed by atoms with van der Waals surface area (Å²) in [4.78, 5) is 24.2. The van der Waals surface area contributed by atoms with Crippen LogP contribution in [-0.4, -0.2) is 26.2 Å². The van der Waals surface area contributed by atoms with Gasteiger partial charge < -0.3 is 19.9 Å². The Bertz CT molecular complexity index is 844. The van der Waals surface area contributed by atoms with E-state index < -0.39 is 17.9 Å². The third-order valence-electron chi connectivity index (χ3n) is 4.37. The summed E-state index contributed by atoms with van der Waals surface area (Å²) in [7, 11) is 2.45. The van der Waals surface area contributed by atoms with Crippen molar-refractivity contribution < 1.29 is 23.8 Å². The number of hydrogen-bond donors (Lipinski definition) is 1. The molecule has 2 N–H and O–H groups in total. The number of rotatable bonds is 5. The standard InChI is InChI=1S/C20H22N2O5/c1-11(2)12-5-7-13(8-6-12)17-14(10-21)19(22)27-15(9-16(23)25-3)18(17)20(24)26-4/h5-8,11,17H,9,22H2,1-4H3. The number of hydrogen-bond acceptors (Lipinski definition) is 7. The molecule has 0 bridgehead atoms. The van der Waals surface area contributed by atoms with E-state index in [2.05, 4.69) is 18.6 Å². The van der Waals surface area contributed by atoms with Crippen LogP contribution in [0.4, 0.5) is 0 Å². The largest absolute Gasteiger partial charge is 0.469 e. The van der Waals surface area contributed by atoms with Crippen molar-refractivity contribution in [1.29, 1.82) is 5.26 Å². The molecule has 7 nitrogen and oxygen atoms in total. The molecule has 0 radical (unpaired) electrons. The summed E-state index contributed by atoms with van der Waals surface area (Å²) < 4.78 is 15.0. The first kappa shape index (κ1) is 20.0. The van der Waals surface area contributed by atoms with Gasteiger partial charge in [0.15, 0.2) is 0 Å². The zero-order valence-corrected chi connectivity index (χ0v) is 15.7. The highest BCUT2D eigenvalue weighted by atomic mass is 16.5. The van der Waals surface area contributed by atoms with Crippen LogP contribution in [0.15, 0.2) is 47.1 Å². The number of nitrogens with two attached hydrogens (primary N) is 1. The van der Waals surface area contributed by atoms with Gasteiger partial charge in [0, 0.05) is 0 Å². The lowest BCUT2D eigenvalue weighted by atomic mass is 9.82. The van der Waals surface area contributed by atoms with Crippen LogP contribution in [0, 0.1) is 11.3 Å². The SMILES string of the molecule is COC(=O)CC1=C(C(=O)OC)C(c2ccc(C(C)C)cc2)C(C#N)=C(N)O1. The summed E-state index contributed by atoms with van der Waals surface area (Å²) in [5, 5.41) is 9.59. The van der Waals surface area contributed by atoms with Gasteiger partial charge in [-0.1, -0.05) is 38.1 Å². The Morgan fingerprint density at radius 1 is 1.22 bits per heavy atom. The molecule has 1 atom stereocenters. The van der Waals surface area contributed by atoms with Crippen LogP contribution in [0.25, 0.3) is 0 Å². The minimum atomic E-state index is -0.794. The van der Waals surface area contributed by atoms with Gasteiger partial charge in [0.2, 0.25) is 5.88 Å². The van der Waals surface area contributed by atoms with E-state index in [0.29, 0.717) is 11.5 Å². The van der Waals surface area contributed by atoms with Crippen LogP contribution in [0.2, 0.25) is 0 Å². The van der Waals surface area contributed by atoms with Crippen molar-refractivity contribution in [2.75, 3.05) is 14.2 Å². The van der Waals surface area contributed by atoms with Gasteiger partial charge in [0.1, 0.15) is 23.8 Å². The van der Waals surface area contributed by atoms with Crippen LogP contribution >= 0.6 is 0 Å². The molecule has 0 amide bonds. The van der Waals surface area contributed by atoms with E-state index in [1.807, 2.05) is 30.3 Å². The first-order valence-corrected chi connectivity index (χ1v) is 8.39. The molecule has 0 aromatic heterocycles. The summed E-state index contributed by atoms with van der Waals surface area (Å²) >= 11 is 0. The quantitative estimate of drug-likeness (QED) is 0.793. The van der Waals surface area contributed by atoms with Crippen LogP contribution in [0.5, 0.6) is 0 Å². The monoisotopic (exact) mass is 370 g/mol. The van der Waals surface area contributed by atoms with E-state index in [-0.39, 0.29) is 29.2 Å². The van der Waals surface area contributed by atoms with Crippen molar-refractivity contribution in [2.24, 2.45) is 5.73 Å². The Morgan fingerprint density at radius 2 is 1.85 bits per heavy atom. The van der Waals surface area contributed by atoms with Gasteiger partial charge in [-0.3, -0.25) is 4.79 Å². The first-order chi connectivity index (χ1) is 12.8. The fourth-order valence-electron chi connectivity index (χ4n) is 2.89. The highest BCUT2D eigenvalue weighted by Gasteiger charge is 2.38. The Kier molecular flexibility index (Phi) is 6.24. The van der Waals surface area contributed by atoms with E-state index in [4.69, 9.17) is 15.2 Å². The number of methoxy groups -OCH3 is 2. The summed E-state index contributed by atoms with van der Waals surface area (Å²) in [5.41, 5.74) is 7.83. The highest BCUT2D eigenvalue weighted by Crippen LogP contribution is 2.40. The van der Waals surface area contributed by atoms with Gasteiger partial charge in [0.25, 0.3) is 0 Å². The lowest BCUT2D eigenvalue weighted by Gasteiger charge is -2.27. The summed E-state index contributed by atoms with van der Waals surface area (Å²) in [6, 6.07) is 9.52. The number of esters is 2. The minimum absolute atomic E-state index is 0.0168. The lowest BCUT2D eigenvalue weighted by molar-refractivity contribution is -0.140. The molecule has 1 aromatic carbocycles. The predicted molar refractivity (Wildman–Crippen MR) is 96.9 cm³/mol. The molecule has 7 heteroatoms. The zero-order chi connectivity index (χ0) is 20.1. The van der Waals surface area contributed by atoms with Crippen LogP contribution < -0.4 is 5.73 Å². The van der Waals surface area contributed by atoms with Gasteiger partial charge in [-0.15, -0.1) is 0 Å². The summed E-state index contributed by atoms with van der Waals surface area (Å²) in [5.74, 6) is -1.90. The van der Waals surface area contributed by atoms with Crippen molar-refractivity contribution in [3.63, 3.8) is 0 Å². The molecule has 27 heavy (non-hydrogen) atoms. The van der Waals surface area contributed by atoms with Crippen LogP contribution in [0.3, 0.4) is 0 Å². The molecule has 2 rings (SSSR count). The van der Waals surface area contributed by atoms with E-state index in [0.717, 1.165) is 5.56 Å². The van der Waals surface area contributed by atoms with Crippen molar-refractivity contribution >= 4 is 11.9 Å². The van der Waals surface area contributed by atoms with Gasteiger partial charge in [-0.05, 0) is 17.0 Å². The van der Waals surface area contributed by atoms with E-state index in [9.17, 15) is 14.9 Å². The third kappa shape index (κ3) is 4.11. The van der Waals surface area contributed by atoms with Crippen molar-refractivity contribution in [3.05, 3.63) is 58.2 Å². The molecule has 1 aromatic rings. The fraction of sp³-hybridized carbons (Fsp3) is 0.350. The molecule has 0 spiro atoms. The molecule has 142 valence electrons. The number of carbonyl (C=O) groups is 2. The van der Waals surface area contributed by atoms with Crippen molar-refractivity contribution in [1.82, 2.24) is 0 Å². The van der Waals surface area contributed by atoms with E-state index in [1.165, 1.54) is 14.2 Å². The molecule has 1 unspecified atom stereocenters. The van der Waals surface area contributed by atoms with Crippen LogP contribution in [0.1, 0.15) is 43.2 Å². The topological polar surface area (TPSA) is 112 Å². The molecule has 0 saturated heterocycles. The molecule has 1 aliphatic heterocycles. The molecular formula is C20H22N2O5. The smallest absolute Gasteiger partial charge is 0.338 e. The first-order valence-electron chi connectivity index (χ1n) is 8.39. The maximum absolute atomic E-state index is 12.5. The van der Waals surface area contributed by atoms with E-state index >= 15 is 0 Å². The Hall–Kier alpha value is -3.27. The van der Waals surface area contributed by atoms with Crippen molar-refractivity contribution in [2.45, 2.75) is 32.1 Å². The molecule has 1 aliphatic rings. The van der Waals surface area contributed by atoms with Crippen molar-refractivity contribution in [3.8, 4) is 6.07 Å². The second-order valence-electron chi connectivity index (χ2n) is 6.33. The zero-order valence-electron chi connectivity index (χ0n) is 15.7. The van der Waals surface area contributed by atoms with Gasteiger partial charge in [-0.25, -0.2) is 4.79 Å². The number of carbonyl (C=O) groups excluding carboxylic acids is 2. The lowest BCUT2D eigenvalue weighted by Crippen LogP contribution is -2.27. The average molecular weight is 370 g/mol. The van der Waals surface area contributed by atoms with Gasteiger partial charge >= 0.3 is 11.9 Å². The number of nitriles is 1. The van der Waals surface area contributed by atoms with E-state index in [1.54, 1.807) is 0 Å². The second-order valence-corrected chi connectivity index (χ2v) is 6.33. The molecule has 0 aliphatic carbocycles. The maximum atomic E-state index is 12.5. The molecule has 1 heterocycles. The Balaban J connectivity index is 2.64. The van der Waals surface area contributed by atoms with Crippen LogP contribution in [-0.2, 0) is 23.8 Å². The highest BCUT2D eigenvalue weighted by molar-refractivity contribution is 5.93. The average Bonchev–Trinajstić information content (AvgIpc) is 2.66. The fourth-order valence-corrected chi connectivity index (χ4v) is 2.89. The van der Waals surface area contributed by atoms with Gasteiger partial charge in [-0.2, -0.15) is 5.26 Å². The maximum Gasteiger partial charge on any atom is 0.338 e. The second kappa shape index (κ2) is 8.41. The Morgan fingerprint density at radius 3 is 2.33 bits per heavy atom. The van der Waals surface area contributed by atoms with Gasteiger partial charge in [0.05, 0.1) is 25.7 Å². The molecule has 0 saturated carbocycles. The minimum Gasteiger partial charge on any atom is -0.469 e. The number of allylic oxidation sites excluding steroid dienone is 1. The summed E-state index contributed by atoms with van der Waals surface area (Å²) in [6.45, 7) is 4.13. The molecule has 0 fully saturated rings. The Labute approximate surface area is 158 Å². The molecular weight excluding hydrogens is 348 g/mol. The third-order valence-corrected chi connectivity index (χ3v) is 4.37. The number of benzene rings is 1. The normalized spacial score (nSPS) is 16.7. The predicted octanol–water partition coefficient (Wildman–Crippen LogP) is 2.61. The number of nitrogens with zero attached hydrogens (tertiary/aromatic N) is 1. The summed E-state index contributed by atoms with van der Waals surface area (Å²) in [6.07, 6.45) is -0.305. The number of ether oxygens (including phenoxy) is 3.